The van der Waals surface area contributed by atoms with E-state index < -0.39 is 0 Å². The molecule has 0 aliphatic carbocycles. The van der Waals surface area contributed by atoms with Crippen molar-refractivity contribution >= 4 is 45.6 Å². The number of aryl methyl sites for hydroxylation is 1. The van der Waals surface area contributed by atoms with E-state index in [1.807, 2.05) is 18.2 Å². The van der Waals surface area contributed by atoms with Gasteiger partial charge < -0.3 is 10.3 Å². The quantitative estimate of drug-likeness (QED) is 0.702. The fourth-order valence-electron chi connectivity index (χ4n) is 2.12. The van der Waals surface area contributed by atoms with Crippen molar-refractivity contribution in [1.82, 2.24) is 9.97 Å². The molecule has 0 radical (unpaired) electrons. The standard InChI is InChI=1S/C16H12N4OS2/c17-9-1-2-10-3-5-11(6-4-10)14(21)19-13-8-7-12-15(20-13)23-16(22)18-12/h3-8H,1-2H2,(H,18,22)(H,19,20,21). The highest BCUT2D eigenvalue weighted by molar-refractivity contribution is 7.73. The number of carbonyl (C=O) groups excluding carboxylic acids is 1. The maximum Gasteiger partial charge on any atom is 0.256 e. The largest absolute Gasteiger partial charge is 0.336 e. The van der Waals surface area contributed by atoms with Gasteiger partial charge in [-0.1, -0.05) is 23.5 Å². The minimum Gasteiger partial charge on any atom is -0.336 e. The molecule has 0 aliphatic rings. The first-order valence-electron chi connectivity index (χ1n) is 6.93. The fraction of sp³-hybridized carbons (Fsp3) is 0.125. The number of aromatic nitrogens is 2. The first-order chi connectivity index (χ1) is 11.2. The molecule has 1 aromatic carbocycles. The van der Waals surface area contributed by atoms with Crippen molar-refractivity contribution in [3.63, 3.8) is 0 Å². The summed E-state index contributed by atoms with van der Waals surface area (Å²) in [5, 5.41) is 11.4. The molecule has 5 nitrogen and oxygen atoms in total. The SMILES string of the molecule is N#CCCc1ccc(C(=O)Nc2ccc3[nH]c(=S)sc3n2)cc1. The molecule has 0 fully saturated rings. The van der Waals surface area contributed by atoms with Crippen LogP contribution in [0.5, 0.6) is 0 Å². The zero-order valence-corrected chi connectivity index (χ0v) is 13.6. The van der Waals surface area contributed by atoms with E-state index in [1.54, 1.807) is 18.2 Å². The number of hydrogen-bond donors (Lipinski definition) is 2. The Morgan fingerprint density at radius 3 is 2.83 bits per heavy atom. The molecule has 0 atom stereocenters. The predicted octanol–water partition coefficient (Wildman–Crippen LogP) is 4.06. The lowest BCUT2D eigenvalue weighted by Crippen LogP contribution is -2.12. The molecule has 2 heterocycles. The Labute approximate surface area is 141 Å². The van der Waals surface area contributed by atoms with E-state index >= 15 is 0 Å². The summed E-state index contributed by atoms with van der Waals surface area (Å²) in [6.07, 6.45) is 1.16. The maximum absolute atomic E-state index is 12.3. The highest BCUT2D eigenvalue weighted by Gasteiger charge is 2.08. The van der Waals surface area contributed by atoms with E-state index in [9.17, 15) is 4.79 Å². The third kappa shape index (κ3) is 3.62. The third-order valence-electron chi connectivity index (χ3n) is 3.27. The van der Waals surface area contributed by atoms with E-state index in [-0.39, 0.29) is 5.91 Å². The Hall–Kier alpha value is -2.56. The third-order valence-corrected chi connectivity index (χ3v) is 4.41. The van der Waals surface area contributed by atoms with Crippen LogP contribution in [0.4, 0.5) is 5.82 Å². The maximum atomic E-state index is 12.3. The number of hydrogen-bond acceptors (Lipinski definition) is 5. The number of H-pyrrole nitrogens is 1. The van der Waals surface area contributed by atoms with Gasteiger partial charge in [0, 0.05) is 12.0 Å². The molecule has 0 saturated carbocycles. The summed E-state index contributed by atoms with van der Waals surface area (Å²) in [4.78, 5) is 20.4. The molecule has 3 aromatic rings. The number of pyridine rings is 1. The number of nitrogens with one attached hydrogen (secondary N) is 2. The molecule has 2 aromatic heterocycles. The Morgan fingerprint density at radius 1 is 1.30 bits per heavy atom. The lowest BCUT2D eigenvalue weighted by Gasteiger charge is -2.05. The molecule has 3 rings (SSSR count). The number of thiazole rings is 1. The second-order valence-electron chi connectivity index (χ2n) is 4.87. The van der Waals surface area contributed by atoms with Gasteiger partial charge in [0.2, 0.25) is 0 Å². The van der Waals surface area contributed by atoms with Crippen LogP contribution in [-0.4, -0.2) is 15.9 Å². The van der Waals surface area contributed by atoms with Gasteiger partial charge in [-0.3, -0.25) is 4.79 Å². The Bertz CT molecular complexity index is 951. The number of rotatable bonds is 4. The topological polar surface area (TPSA) is 81.6 Å². The Kier molecular flexibility index (Phi) is 4.46. The molecule has 0 saturated heterocycles. The van der Waals surface area contributed by atoms with Gasteiger partial charge >= 0.3 is 0 Å². The van der Waals surface area contributed by atoms with Crippen LogP contribution in [0.15, 0.2) is 36.4 Å². The molecule has 114 valence electrons. The Morgan fingerprint density at radius 2 is 2.09 bits per heavy atom. The van der Waals surface area contributed by atoms with Crippen LogP contribution in [-0.2, 0) is 6.42 Å². The van der Waals surface area contributed by atoms with Gasteiger partial charge in [-0.25, -0.2) is 4.98 Å². The van der Waals surface area contributed by atoms with E-state index in [0.29, 0.717) is 28.2 Å². The van der Waals surface area contributed by atoms with Crippen molar-refractivity contribution < 1.29 is 4.79 Å². The molecule has 7 heteroatoms. The number of fused-ring (bicyclic) bond motifs is 1. The van der Waals surface area contributed by atoms with Crippen LogP contribution in [0.25, 0.3) is 10.3 Å². The zero-order valence-electron chi connectivity index (χ0n) is 12.0. The van der Waals surface area contributed by atoms with E-state index in [2.05, 4.69) is 21.4 Å². The molecule has 1 amide bonds. The lowest BCUT2D eigenvalue weighted by molar-refractivity contribution is 0.102. The first kappa shape index (κ1) is 15.3. The monoisotopic (exact) mass is 340 g/mol. The number of aromatic amines is 1. The normalized spacial score (nSPS) is 10.4. The second-order valence-corrected chi connectivity index (χ2v) is 6.54. The summed E-state index contributed by atoms with van der Waals surface area (Å²) in [6, 6.07) is 12.9. The van der Waals surface area contributed by atoms with Crippen molar-refractivity contribution in [1.29, 1.82) is 5.26 Å². The average Bonchev–Trinajstić information content (AvgIpc) is 2.92. The van der Waals surface area contributed by atoms with E-state index in [1.165, 1.54) is 11.3 Å². The molecule has 2 N–H and O–H groups in total. The number of nitrogens with zero attached hydrogens (tertiary/aromatic N) is 2. The molecular formula is C16H12N4OS2. The van der Waals surface area contributed by atoms with Crippen LogP contribution in [0.2, 0.25) is 0 Å². The minimum atomic E-state index is -0.220. The number of amides is 1. The Balaban J connectivity index is 1.74. The van der Waals surface area contributed by atoms with Gasteiger partial charge in [-0.2, -0.15) is 5.26 Å². The van der Waals surface area contributed by atoms with Gasteiger partial charge in [0.1, 0.15) is 10.6 Å². The summed E-state index contributed by atoms with van der Waals surface area (Å²) in [5.74, 6) is 0.268. The number of anilines is 1. The van der Waals surface area contributed by atoms with Crippen LogP contribution < -0.4 is 5.32 Å². The molecule has 0 unspecified atom stereocenters. The molecule has 0 aliphatic heterocycles. The summed E-state index contributed by atoms with van der Waals surface area (Å²) < 4.78 is 0.656. The predicted molar refractivity (Wildman–Crippen MR) is 93.1 cm³/mol. The van der Waals surface area contributed by atoms with Gasteiger partial charge in [-0.15, -0.1) is 0 Å². The molecule has 23 heavy (non-hydrogen) atoms. The van der Waals surface area contributed by atoms with Crippen LogP contribution in [0.3, 0.4) is 0 Å². The van der Waals surface area contributed by atoms with Crippen molar-refractivity contribution in [2.24, 2.45) is 0 Å². The highest BCUT2D eigenvalue weighted by Crippen LogP contribution is 2.19. The lowest BCUT2D eigenvalue weighted by atomic mass is 10.1. The first-order valence-corrected chi connectivity index (χ1v) is 8.15. The van der Waals surface area contributed by atoms with Crippen molar-refractivity contribution in [2.75, 3.05) is 5.32 Å². The minimum absolute atomic E-state index is 0.220. The summed E-state index contributed by atoms with van der Waals surface area (Å²) >= 11 is 6.45. The summed E-state index contributed by atoms with van der Waals surface area (Å²) in [6.45, 7) is 0. The fourth-order valence-corrected chi connectivity index (χ4v) is 3.17. The summed E-state index contributed by atoms with van der Waals surface area (Å²) in [7, 11) is 0. The summed E-state index contributed by atoms with van der Waals surface area (Å²) in [5.41, 5.74) is 2.45. The number of carbonyl (C=O) groups is 1. The highest BCUT2D eigenvalue weighted by atomic mass is 32.1. The van der Waals surface area contributed by atoms with Crippen LogP contribution in [0.1, 0.15) is 22.3 Å². The van der Waals surface area contributed by atoms with Gasteiger partial charge in [0.25, 0.3) is 5.91 Å². The molecule has 0 bridgehead atoms. The average molecular weight is 340 g/mol. The van der Waals surface area contributed by atoms with E-state index in [0.717, 1.165) is 15.9 Å². The smallest absolute Gasteiger partial charge is 0.256 e. The van der Waals surface area contributed by atoms with Crippen LogP contribution >= 0.6 is 23.6 Å². The van der Waals surface area contributed by atoms with Crippen molar-refractivity contribution in [3.05, 3.63) is 51.5 Å². The molecular weight excluding hydrogens is 328 g/mol. The van der Waals surface area contributed by atoms with Crippen molar-refractivity contribution in [2.45, 2.75) is 12.8 Å². The number of nitriles is 1. The molecule has 0 spiro atoms. The number of benzene rings is 1. The zero-order chi connectivity index (χ0) is 16.2. The van der Waals surface area contributed by atoms with Gasteiger partial charge in [0.05, 0.1) is 11.6 Å². The van der Waals surface area contributed by atoms with E-state index in [4.69, 9.17) is 17.5 Å². The van der Waals surface area contributed by atoms with Crippen LogP contribution in [0, 0.1) is 15.3 Å². The van der Waals surface area contributed by atoms with Gasteiger partial charge in [-0.05, 0) is 48.5 Å². The van der Waals surface area contributed by atoms with Crippen molar-refractivity contribution in [3.8, 4) is 6.07 Å². The second kappa shape index (κ2) is 6.69. The van der Waals surface area contributed by atoms with Gasteiger partial charge in [0.15, 0.2) is 3.95 Å².